The second-order valence-electron chi connectivity index (χ2n) is 4.66. The molecule has 1 unspecified atom stereocenters. The number of rotatable bonds is 4. The highest BCUT2D eigenvalue weighted by molar-refractivity contribution is 7.89. The lowest BCUT2D eigenvalue weighted by Crippen LogP contribution is -2.42. The monoisotopic (exact) mass is 235 g/mol. The normalized spacial score (nSPS) is 24.3. The highest BCUT2D eigenvalue weighted by Gasteiger charge is 2.27. The van der Waals surface area contributed by atoms with Crippen LogP contribution in [0.5, 0.6) is 0 Å². The van der Waals surface area contributed by atoms with Gasteiger partial charge in [0.15, 0.2) is 0 Å². The van der Waals surface area contributed by atoms with Gasteiger partial charge >= 0.3 is 0 Å². The number of hydrogen-bond donors (Lipinski definition) is 1. The molecule has 1 heterocycles. The van der Waals surface area contributed by atoms with E-state index in [1.165, 1.54) is 4.31 Å². The zero-order chi connectivity index (χ0) is 11.5. The summed E-state index contributed by atoms with van der Waals surface area (Å²) in [5.41, 5.74) is 0. The van der Waals surface area contributed by atoms with E-state index in [0.717, 1.165) is 12.8 Å². The third kappa shape index (κ3) is 4.09. The fourth-order valence-electron chi connectivity index (χ4n) is 1.90. The molecule has 1 N–H and O–H groups in total. The van der Waals surface area contributed by atoms with Gasteiger partial charge in [-0.3, -0.25) is 0 Å². The quantitative estimate of drug-likeness (QED) is 0.785. The van der Waals surface area contributed by atoms with E-state index in [0.29, 0.717) is 18.9 Å². The number of sulfonamides is 1. The van der Waals surface area contributed by atoms with Gasteiger partial charge in [-0.15, -0.1) is 0 Å². The predicted octanol–water partition coefficient (Wildman–Crippen LogP) is 0.819. The highest BCUT2D eigenvalue weighted by Crippen LogP contribution is 2.15. The number of nitrogens with zero attached hydrogens (tertiary/aromatic N) is 1. The van der Waals surface area contributed by atoms with Gasteiger partial charge < -0.3 is 5.11 Å². The minimum absolute atomic E-state index is 0.237. The Labute approximate surface area is 92.3 Å². The smallest absolute Gasteiger partial charge is 0.214 e. The molecule has 0 radical (unpaired) electrons. The first-order valence-corrected chi connectivity index (χ1v) is 7.18. The summed E-state index contributed by atoms with van der Waals surface area (Å²) in [5.74, 6) is 0.633. The fourth-order valence-corrected chi connectivity index (χ4v) is 3.53. The van der Waals surface area contributed by atoms with Crippen LogP contribution in [-0.2, 0) is 10.0 Å². The van der Waals surface area contributed by atoms with Crippen molar-refractivity contribution in [1.29, 1.82) is 0 Å². The molecule has 0 bridgehead atoms. The van der Waals surface area contributed by atoms with E-state index in [1.807, 2.05) is 13.8 Å². The second-order valence-corrected chi connectivity index (χ2v) is 6.75. The third-order valence-electron chi connectivity index (χ3n) is 2.61. The summed E-state index contributed by atoms with van der Waals surface area (Å²) in [6.45, 7) is 4.87. The average Bonchev–Trinajstić information content (AvgIpc) is 2.07. The molecule has 1 rings (SSSR count). The van der Waals surface area contributed by atoms with Crippen LogP contribution in [0.2, 0.25) is 0 Å². The summed E-state index contributed by atoms with van der Waals surface area (Å²) >= 11 is 0. The molecule has 0 aliphatic carbocycles. The molecule has 0 saturated carbocycles. The van der Waals surface area contributed by atoms with Crippen molar-refractivity contribution in [2.24, 2.45) is 5.92 Å². The molecule has 0 amide bonds. The molecule has 0 aromatic heterocycles. The molecule has 0 aromatic carbocycles. The molecule has 15 heavy (non-hydrogen) atoms. The van der Waals surface area contributed by atoms with Crippen molar-refractivity contribution in [3.8, 4) is 0 Å². The van der Waals surface area contributed by atoms with Crippen molar-refractivity contribution in [3.05, 3.63) is 0 Å². The van der Waals surface area contributed by atoms with Crippen LogP contribution in [-0.4, -0.2) is 42.8 Å². The Morgan fingerprint density at radius 3 is 2.53 bits per heavy atom. The molecule has 1 fully saturated rings. The molecule has 90 valence electrons. The van der Waals surface area contributed by atoms with Gasteiger partial charge in [-0.25, -0.2) is 8.42 Å². The van der Waals surface area contributed by atoms with Gasteiger partial charge in [-0.2, -0.15) is 4.31 Å². The lowest BCUT2D eigenvalue weighted by molar-refractivity contribution is 0.122. The number of hydrogen-bond acceptors (Lipinski definition) is 3. The van der Waals surface area contributed by atoms with Gasteiger partial charge in [0.05, 0.1) is 11.9 Å². The van der Waals surface area contributed by atoms with Gasteiger partial charge in [-0.05, 0) is 25.2 Å². The molecule has 1 atom stereocenters. The van der Waals surface area contributed by atoms with Crippen LogP contribution in [0.15, 0.2) is 0 Å². The zero-order valence-electron chi connectivity index (χ0n) is 9.52. The lowest BCUT2D eigenvalue weighted by Gasteiger charge is -2.28. The first-order valence-electron chi connectivity index (χ1n) is 5.57. The van der Waals surface area contributed by atoms with Crippen molar-refractivity contribution in [2.75, 3.05) is 18.8 Å². The van der Waals surface area contributed by atoms with Crippen LogP contribution >= 0.6 is 0 Å². The molecule has 5 heteroatoms. The van der Waals surface area contributed by atoms with Crippen LogP contribution in [0.1, 0.15) is 33.1 Å². The van der Waals surface area contributed by atoms with Crippen molar-refractivity contribution in [1.82, 2.24) is 4.31 Å². The van der Waals surface area contributed by atoms with Crippen LogP contribution in [0.3, 0.4) is 0 Å². The highest BCUT2D eigenvalue weighted by atomic mass is 32.2. The maximum Gasteiger partial charge on any atom is 0.214 e. The second kappa shape index (κ2) is 5.27. The zero-order valence-corrected chi connectivity index (χ0v) is 10.3. The summed E-state index contributed by atoms with van der Waals surface area (Å²) in [4.78, 5) is 0. The van der Waals surface area contributed by atoms with Crippen molar-refractivity contribution in [2.45, 2.75) is 39.2 Å². The van der Waals surface area contributed by atoms with Gasteiger partial charge in [0, 0.05) is 13.1 Å². The maximum absolute atomic E-state index is 11.6. The van der Waals surface area contributed by atoms with Crippen LogP contribution < -0.4 is 0 Å². The van der Waals surface area contributed by atoms with Crippen LogP contribution in [0, 0.1) is 5.92 Å². The summed E-state index contributed by atoms with van der Waals surface area (Å²) < 4.78 is 24.7. The summed E-state index contributed by atoms with van der Waals surface area (Å²) in [5, 5.41) is 9.70. The number of aliphatic hydroxyl groups is 1. The van der Waals surface area contributed by atoms with E-state index in [2.05, 4.69) is 0 Å². The van der Waals surface area contributed by atoms with Gasteiger partial charge in [0.2, 0.25) is 10.0 Å². The Morgan fingerprint density at radius 2 is 2.00 bits per heavy atom. The van der Waals surface area contributed by atoms with Crippen molar-refractivity contribution in [3.63, 3.8) is 0 Å². The van der Waals surface area contributed by atoms with Crippen molar-refractivity contribution < 1.29 is 13.5 Å². The Hall–Kier alpha value is -0.130. The van der Waals surface area contributed by atoms with Gasteiger partial charge in [0.25, 0.3) is 0 Å². The van der Waals surface area contributed by atoms with Crippen LogP contribution in [0.25, 0.3) is 0 Å². The lowest BCUT2D eigenvalue weighted by atomic mass is 10.1. The molecular formula is C10H21NO3S. The fraction of sp³-hybridized carbons (Fsp3) is 1.00. The average molecular weight is 235 g/mol. The Morgan fingerprint density at radius 1 is 1.33 bits per heavy atom. The molecule has 4 nitrogen and oxygen atoms in total. The first-order chi connectivity index (χ1) is 6.92. The molecular weight excluding hydrogens is 214 g/mol. The third-order valence-corrected chi connectivity index (χ3v) is 4.53. The van der Waals surface area contributed by atoms with E-state index in [4.69, 9.17) is 0 Å². The Balaban J connectivity index is 2.49. The predicted molar refractivity (Wildman–Crippen MR) is 60.1 cm³/mol. The van der Waals surface area contributed by atoms with E-state index in [1.54, 1.807) is 0 Å². The summed E-state index contributed by atoms with van der Waals surface area (Å²) in [6, 6.07) is 0. The summed E-state index contributed by atoms with van der Waals surface area (Å²) in [7, 11) is -3.08. The standard InChI is InChI=1S/C10H21NO3S/c1-9(2)7-10(12)8-11-5-3-4-6-15(11,13)14/h9-10,12H,3-8H2,1-2H3. The maximum atomic E-state index is 11.6. The SMILES string of the molecule is CC(C)CC(O)CN1CCCCS1(=O)=O. The first kappa shape index (κ1) is 12.9. The van der Waals surface area contributed by atoms with E-state index in [-0.39, 0.29) is 12.3 Å². The molecule has 1 saturated heterocycles. The Kier molecular flexibility index (Phi) is 4.55. The Bertz CT molecular complexity index is 287. The molecule has 1 aliphatic heterocycles. The minimum Gasteiger partial charge on any atom is -0.392 e. The molecule has 0 aromatic rings. The number of β-amino-alcohol motifs (C(OH)–C–C–N with tert-alkyl or cyclic N) is 1. The van der Waals surface area contributed by atoms with Crippen molar-refractivity contribution >= 4 is 10.0 Å². The van der Waals surface area contributed by atoms with Gasteiger partial charge in [-0.1, -0.05) is 13.8 Å². The largest absolute Gasteiger partial charge is 0.392 e. The number of aliphatic hydroxyl groups excluding tert-OH is 1. The minimum atomic E-state index is -3.08. The molecule has 0 spiro atoms. The van der Waals surface area contributed by atoms with E-state index < -0.39 is 16.1 Å². The topological polar surface area (TPSA) is 57.6 Å². The van der Waals surface area contributed by atoms with E-state index >= 15 is 0 Å². The van der Waals surface area contributed by atoms with Crippen LogP contribution in [0.4, 0.5) is 0 Å². The molecule has 1 aliphatic rings. The van der Waals surface area contributed by atoms with E-state index in [9.17, 15) is 13.5 Å². The summed E-state index contributed by atoms with van der Waals surface area (Å²) in [6.07, 6.45) is 1.79. The van der Waals surface area contributed by atoms with Gasteiger partial charge in [0.1, 0.15) is 0 Å².